The van der Waals surface area contributed by atoms with E-state index < -0.39 is 0 Å². The van der Waals surface area contributed by atoms with Gasteiger partial charge in [-0.2, -0.15) is 0 Å². The van der Waals surface area contributed by atoms with Crippen LogP contribution in [0.5, 0.6) is 0 Å². The van der Waals surface area contributed by atoms with Crippen molar-refractivity contribution in [2.45, 2.75) is 32.9 Å². The van der Waals surface area contributed by atoms with E-state index in [1.165, 1.54) is 11.1 Å². The van der Waals surface area contributed by atoms with E-state index in [9.17, 15) is 0 Å². The average Bonchev–Trinajstić information content (AvgIpc) is 2.81. The molecule has 0 aromatic heterocycles. The van der Waals surface area contributed by atoms with Crippen LogP contribution in [0.1, 0.15) is 37.4 Å². The van der Waals surface area contributed by atoms with Crippen molar-refractivity contribution in [2.75, 3.05) is 32.7 Å². The monoisotopic (exact) mass is 329 g/mol. The van der Waals surface area contributed by atoms with E-state index in [-0.39, 0.29) is 6.04 Å². The zero-order chi connectivity index (χ0) is 15.4. The lowest BCUT2D eigenvalue weighted by Crippen LogP contribution is -2.32. The van der Waals surface area contributed by atoms with E-state index in [4.69, 9.17) is 28.9 Å². The quantitative estimate of drug-likeness (QED) is 0.830. The number of halogens is 2. The second-order valence-electron chi connectivity index (χ2n) is 5.56. The number of benzene rings is 1. The van der Waals surface area contributed by atoms with Crippen LogP contribution in [-0.4, -0.2) is 42.5 Å². The van der Waals surface area contributed by atoms with Crippen molar-refractivity contribution in [2.24, 2.45) is 5.73 Å². The van der Waals surface area contributed by atoms with Crippen LogP contribution in [0.4, 0.5) is 0 Å². The molecule has 5 heteroatoms. The summed E-state index contributed by atoms with van der Waals surface area (Å²) in [7, 11) is 0. The molecule has 0 fully saturated rings. The maximum Gasteiger partial charge on any atom is 0.0492 e. The van der Waals surface area contributed by atoms with Gasteiger partial charge in [-0.3, -0.25) is 4.90 Å². The largest absolute Gasteiger partial charge is 0.329 e. The van der Waals surface area contributed by atoms with Gasteiger partial charge >= 0.3 is 0 Å². The molecule has 0 aliphatic carbocycles. The summed E-state index contributed by atoms with van der Waals surface area (Å²) >= 11 is 12.5. The molecular formula is C16H25Cl2N3. The van der Waals surface area contributed by atoms with Crippen LogP contribution in [0.15, 0.2) is 12.1 Å². The normalized spacial score (nSPS) is 18.5. The molecule has 1 aliphatic rings. The molecule has 1 aromatic carbocycles. The van der Waals surface area contributed by atoms with Crippen LogP contribution in [0, 0.1) is 0 Å². The van der Waals surface area contributed by atoms with Crippen LogP contribution >= 0.6 is 23.2 Å². The molecule has 1 aromatic rings. The van der Waals surface area contributed by atoms with Gasteiger partial charge in [0.05, 0.1) is 0 Å². The fraction of sp³-hybridized carbons (Fsp3) is 0.625. The van der Waals surface area contributed by atoms with Gasteiger partial charge in [-0.1, -0.05) is 37.0 Å². The first-order valence-corrected chi connectivity index (χ1v) is 8.50. The van der Waals surface area contributed by atoms with Crippen LogP contribution in [-0.2, 0) is 6.54 Å². The number of nitrogens with two attached hydrogens (primary N) is 1. The lowest BCUT2D eigenvalue weighted by molar-refractivity contribution is 0.199. The topological polar surface area (TPSA) is 32.5 Å². The van der Waals surface area contributed by atoms with Gasteiger partial charge in [0.1, 0.15) is 0 Å². The minimum absolute atomic E-state index is 0.224. The van der Waals surface area contributed by atoms with Crippen molar-refractivity contribution >= 4 is 23.2 Å². The maximum absolute atomic E-state index is 6.37. The van der Waals surface area contributed by atoms with Crippen molar-refractivity contribution < 1.29 is 0 Å². The van der Waals surface area contributed by atoms with Crippen molar-refractivity contribution in [3.05, 3.63) is 33.3 Å². The van der Waals surface area contributed by atoms with Gasteiger partial charge in [-0.25, -0.2) is 0 Å². The summed E-state index contributed by atoms with van der Waals surface area (Å²) in [6, 6.07) is 4.07. The molecule has 0 bridgehead atoms. The predicted octanol–water partition coefficient (Wildman–Crippen LogP) is 3.54. The molecule has 1 unspecified atom stereocenters. The molecule has 118 valence electrons. The third kappa shape index (κ3) is 3.91. The molecule has 0 spiro atoms. The molecule has 0 radical (unpaired) electrons. The third-order valence-electron chi connectivity index (χ3n) is 4.36. The molecule has 0 saturated carbocycles. The summed E-state index contributed by atoms with van der Waals surface area (Å²) in [5.41, 5.74) is 8.39. The highest BCUT2D eigenvalue weighted by atomic mass is 35.5. The van der Waals surface area contributed by atoms with E-state index in [1.807, 2.05) is 12.1 Å². The van der Waals surface area contributed by atoms with Gasteiger partial charge < -0.3 is 10.6 Å². The van der Waals surface area contributed by atoms with Crippen LogP contribution in [0.3, 0.4) is 0 Å². The zero-order valence-corrected chi connectivity index (χ0v) is 14.4. The van der Waals surface area contributed by atoms with Crippen LogP contribution in [0.25, 0.3) is 0 Å². The summed E-state index contributed by atoms with van der Waals surface area (Å²) in [6.07, 6.45) is 1.15. The zero-order valence-electron chi connectivity index (χ0n) is 12.9. The van der Waals surface area contributed by atoms with Gasteiger partial charge in [-0.05, 0) is 49.3 Å². The highest BCUT2D eigenvalue weighted by Crippen LogP contribution is 2.39. The summed E-state index contributed by atoms with van der Waals surface area (Å²) in [5.74, 6) is 0. The molecule has 1 heterocycles. The van der Waals surface area contributed by atoms with Gasteiger partial charge in [0.25, 0.3) is 0 Å². The molecule has 21 heavy (non-hydrogen) atoms. The van der Waals surface area contributed by atoms with E-state index in [2.05, 4.69) is 23.6 Å². The Bertz CT molecular complexity index is 475. The van der Waals surface area contributed by atoms with Crippen LogP contribution < -0.4 is 5.73 Å². The Balaban J connectivity index is 2.02. The summed E-state index contributed by atoms with van der Waals surface area (Å²) in [4.78, 5) is 4.88. The highest BCUT2D eigenvalue weighted by molar-refractivity contribution is 6.35. The summed E-state index contributed by atoms with van der Waals surface area (Å²) in [6.45, 7) is 10.3. The second kappa shape index (κ2) is 7.80. The Kier molecular flexibility index (Phi) is 6.33. The first-order chi connectivity index (χ1) is 10.1. The Labute approximate surface area is 138 Å². The lowest BCUT2D eigenvalue weighted by atomic mass is 10.0. The van der Waals surface area contributed by atoms with Gasteiger partial charge in [0.2, 0.25) is 0 Å². The molecule has 3 nitrogen and oxygen atoms in total. The molecule has 0 amide bonds. The van der Waals surface area contributed by atoms with E-state index in [1.54, 1.807) is 0 Å². The number of hydrogen-bond acceptors (Lipinski definition) is 3. The molecule has 2 rings (SSSR count). The molecule has 1 aliphatic heterocycles. The highest BCUT2D eigenvalue weighted by Gasteiger charge is 2.31. The third-order valence-corrected chi connectivity index (χ3v) is 4.90. The van der Waals surface area contributed by atoms with E-state index >= 15 is 0 Å². The van der Waals surface area contributed by atoms with Crippen molar-refractivity contribution in [1.29, 1.82) is 0 Å². The Morgan fingerprint density at radius 3 is 2.62 bits per heavy atom. The first-order valence-electron chi connectivity index (χ1n) is 7.74. The Morgan fingerprint density at radius 1 is 1.29 bits per heavy atom. The maximum atomic E-state index is 6.37. The lowest BCUT2D eigenvalue weighted by Gasteiger charge is -2.25. The SMILES string of the molecule is CCN(CC)CCCN1Cc2cc(Cl)cc(Cl)c2C1CN. The fourth-order valence-electron chi connectivity index (χ4n) is 3.19. The first kappa shape index (κ1) is 17.0. The number of fused-ring (bicyclic) bond motifs is 1. The Morgan fingerprint density at radius 2 is 2.00 bits per heavy atom. The summed E-state index contributed by atoms with van der Waals surface area (Å²) < 4.78 is 0. The molecule has 2 N–H and O–H groups in total. The number of nitrogens with zero attached hydrogens (tertiary/aromatic N) is 2. The molecular weight excluding hydrogens is 305 g/mol. The molecule has 1 atom stereocenters. The van der Waals surface area contributed by atoms with Crippen molar-refractivity contribution in [1.82, 2.24) is 9.80 Å². The van der Waals surface area contributed by atoms with Crippen molar-refractivity contribution in [3.63, 3.8) is 0 Å². The number of rotatable bonds is 7. The minimum Gasteiger partial charge on any atom is -0.329 e. The Hall–Kier alpha value is -0.320. The second-order valence-corrected chi connectivity index (χ2v) is 6.41. The predicted molar refractivity (Wildman–Crippen MR) is 91.1 cm³/mol. The van der Waals surface area contributed by atoms with Crippen molar-refractivity contribution in [3.8, 4) is 0 Å². The molecule has 0 saturated heterocycles. The van der Waals surface area contributed by atoms with Gasteiger partial charge in [-0.15, -0.1) is 0 Å². The van der Waals surface area contributed by atoms with E-state index in [0.717, 1.165) is 44.2 Å². The average molecular weight is 330 g/mol. The van der Waals surface area contributed by atoms with Crippen LogP contribution in [0.2, 0.25) is 10.0 Å². The van der Waals surface area contributed by atoms with Gasteiger partial charge in [0, 0.05) is 35.7 Å². The minimum atomic E-state index is 0.224. The smallest absolute Gasteiger partial charge is 0.0492 e. The van der Waals surface area contributed by atoms with E-state index in [0.29, 0.717) is 11.6 Å². The van der Waals surface area contributed by atoms with Gasteiger partial charge in [0.15, 0.2) is 0 Å². The standard InChI is InChI=1S/C16H25Cl2N3/c1-3-20(4-2)6-5-7-21-11-12-8-13(17)9-14(18)16(12)15(21)10-19/h8-9,15H,3-7,10-11,19H2,1-2H3. The number of hydrogen-bond donors (Lipinski definition) is 1. The summed E-state index contributed by atoms with van der Waals surface area (Å²) in [5, 5.41) is 1.46. The fourth-order valence-corrected chi connectivity index (χ4v) is 3.85.